The summed E-state index contributed by atoms with van der Waals surface area (Å²) < 4.78 is 0. The van der Waals surface area contributed by atoms with Gasteiger partial charge >= 0.3 is 0 Å². The van der Waals surface area contributed by atoms with Gasteiger partial charge in [0.1, 0.15) is 11.0 Å². The van der Waals surface area contributed by atoms with Crippen LogP contribution in [0.25, 0.3) is 11.4 Å². The predicted octanol–water partition coefficient (Wildman–Crippen LogP) is 1.95. The molecule has 2 aromatic rings. The molecule has 1 heterocycles. The lowest BCUT2D eigenvalue weighted by molar-refractivity contribution is 0.147. The van der Waals surface area contributed by atoms with Crippen LogP contribution in [0, 0.1) is 0 Å². The van der Waals surface area contributed by atoms with Crippen molar-refractivity contribution in [3.05, 3.63) is 41.6 Å². The first-order valence-corrected chi connectivity index (χ1v) is 6.54. The Bertz CT molecular complexity index is 574. The number of benzene rings is 1. The standard InChI is InChI=1S/C14H16ClN3O2/c1-14(8-19,9-20)18-12-7-11(15)16-13(17-12)10-5-3-2-4-6-10/h2-7,19-20H,8-9H2,1H3,(H,16,17,18). The van der Waals surface area contributed by atoms with Crippen molar-refractivity contribution in [3.8, 4) is 11.4 Å². The molecule has 0 saturated carbocycles. The number of anilines is 1. The quantitative estimate of drug-likeness (QED) is 0.735. The van der Waals surface area contributed by atoms with Crippen LogP contribution >= 0.6 is 11.6 Å². The van der Waals surface area contributed by atoms with Gasteiger partial charge in [-0.25, -0.2) is 9.97 Å². The Morgan fingerprint density at radius 3 is 2.40 bits per heavy atom. The number of hydrogen-bond donors (Lipinski definition) is 3. The maximum Gasteiger partial charge on any atom is 0.163 e. The molecule has 1 aromatic heterocycles. The smallest absolute Gasteiger partial charge is 0.163 e. The minimum atomic E-state index is -0.869. The van der Waals surface area contributed by atoms with E-state index in [9.17, 15) is 10.2 Å². The number of hydrogen-bond acceptors (Lipinski definition) is 5. The van der Waals surface area contributed by atoms with E-state index < -0.39 is 5.54 Å². The zero-order valence-electron chi connectivity index (χ0n) is 11.0. The van der Waals surface area contributed by atoms with Gasteiger partial charge in [0.05, 0.1) is 18.8 Å². The van der Waals surface area contributed by atoms with Crippen LogP contribution in [0.15, 0.2) is 36.4 Å². The molecule has 2 rings (SSSR count). The molecule has 0 unspecified atom stereocenters. The third-order valence-electron chi connectivity index (χ3n) is 2.85. The zero-order chi connectivity index (χ0) is 14.6. The van der Waals surface area contributed by atoms with Gasteiger partial charge in [0.25, 0.3) is 0 Å². The average Bonchev–Trinajstić information content (AvgIpc) is 2.47. The molecule has 0 aliphatic heterocycles. The van der Waals surface area contributed by atoms with Crippen molar-refractivity contribution in [2.75, 3.05) is 18.5 Å². The second-order valence-electron chi connectivity index (χ2n) is 4.77. The van der Waals surface area contributed by atoms with Gasteiger partial charge in [-0.2, -0.15) is 0 Å². The van der Waals surface area contributed by atoms with Gasteiger partial charge in [-0.05, 0) is 6.92 Å². The van der Waals surface area contributed by atoms with Crippen molar-refractivity contribution in [3.63, 3.8) is 0 Å². The number of aromatic nitrogens is 2. The van der Waals surface area contributed by atoms with Crippen LogP contribution < -0.4 is 5.32 Å². The zero-order valence-corrected chi connectivity index (χ0v) is 11.8. The summed E-state index contributed by atoms with van der Waals surface area (Å²) in [5.41, 5.74) is -0.0289. The number of nitrogens with one attached hydrogen (secondary N) is 1. The van der Waals surface area contributed by atoms with Crippen LogP contribution in [0.4, 0.5) is 5.82 Å². The third-order valence-corrected chi connectivity index (χ3v) is 3.05. The Balaban J connectivity index is 2.35. The summed E-state index contributed by atoms with van der Waals surface area (Å²) in [7, 11) is 0. The van der Waals surface area contributed by atoms with Crippen molar-refractivity contribution in [2.45, 2.75) is 12.5 Å². The van der Waals surface area contributed by atoms with E-state index in [2.05, 4.69) is 15.3 Å². The molecule has 0 bridgehead atoms. The van der Waals surface area contributed by atoms with Gasteiger partial charge in [-0.1, -0.05) is 41.9 Å². The third kappa shape index (κ3) is 3.45. The second kappa shape index (κ2) is 6.17. The minimum absolute atomic E-state index is 0.230. The molecule has 0 spiro atoms. The first-order chi connectivity index (χ1) is 9.56. The van der Waals surface area contributed by atoms with Gasteiger partial charge in [-0.15, -0.1) is 0 Å². The average molecular weight is 294 g/mol. The highest BCUT2D eigenvalue weighted by molar-refractivity contribution is 6.29. The Morgan fingerprint density at radius 1 is 1.15 bits per heavy atom. The largest absolute Gasteiger partial charge is 0.394 e. The SMILES string of the molecule is CC(CO)(CO)Nc1cc(Cl)nc(-c2ccccc2)n1. The fourth-order valence-corrected chi connectivity index (χ4v) is 1.82. The van der Waals surface area contributed by atoms with E-state index in [1.165, 1.54) is 0 Å². The molecule has 20 heavy (non-hydrogen) atoms. The molecule has 0 saturated heterocycles. The normalized spacial score (nSPS) is 11.4. The minimum Gasteiger partial charge on any atom is -0.394 e. The summed E-state index contributed by atoms with van der Waals surface area (Å²) in [4.78, 5) is 8.53. The highest BCUT2D eigenvalue weighted by Crippen LogP contribution is 2.22. The molecular weight excluding hydrogens is 278 g/mol. The Kier molecular flexibility index (Phi) is 4.54. The maximum atomic E-state index is 9.30. The summed E-state index contributed by atoms with van der Waals surface area (Å²) in [6, 6.07) is 11.0. The van der Waals surface area contributed by atoms with E-state index in [0.717, 1.165) is 5.56 Å². The van der Waals surface area contributed by atoms with Gasteiger partial charge < -0.3 is 15.5 Å². The first-order valence-electron chi connectivity index (χ1n) is 6.16. The number of aliphatic hydroxyl groups excluding tert-OH is 2. The Morgan fingerprint density at radius 2 is 1.80 bits per heavy atom. The second-order valence-corrected chi connectivity index (χ2v) is 5.15. The number of halogens is 1. The van der Waals surface area contributed by atoms with E-state index >= 15 is 0 Å². The molecule has 0 aliphatic rings. The fourth-order valence-electron chi connectivity index (χ4n) is 1.64. The van der Waals surface area contributed by atoms with E-state index in [1.54, 1.807) is 13.0 Å². The van der Waals surface area contributed by atoms with Crippen LogP contribution in [-0.4, -0.2) is 38.9 Å². The first kappa shape index (κ1) is 14.7. The highest BCUT2D eigenvalue weighted by atomic mass is 35.5. The monoisotopic (exact) mass is 293 g/mol. The van der Waals surface area contributed by atoms with Crippen LogP contribution in [0.3, 0.4) is 0 Å². The van der Waals surface area contributed by atoms with Gasteiger partial charge in [-0.3, -0.25) is 0 Å². The predicted molar refractivity (Wildman–Crippen MR) is 78.7 cm³/mol. The Labute approximate surface area is 122 Å². The van der Waals surface area contributed by atoms with Crippen molar-refractivity contribution < 1.29 is 10.2 Å². The lowest BCUT2D eigenvalue weighted by atomic mass is 10.1. The van der Waals surface area contributed by atoms with E-state index in [-0.39, 0.29) is 13.2 Å². The molecule has 3 N–H and O–H groups in total. The van der Waals surface area contributed by atoms with Crippen molar-refractivity contribution >= 4 is 17.4 Å². The topological polar surface area (TPSA) is 78.3 Å². The van der Waals surface area contributed by atoms with Crippen molar-refractivity contribution in [2.24, 2.45) is 0 Å². The highest BCUT2D eigenvalue weighted by Gasteiger charge is 2.23. The summed E-state index contributed by atoms with van der Waals surface area (Å²) in [5, 5.41) is 21.9. The van der Waals surface area contributed by atoms with Crippen molar-refractivity contribution in [1.29, 1.82) is 0 Å². The summed E-state index contributed by atoms with van der Waals surface area (Å²) >= 11 is 6.00. The van der Waals surface area contributed by atoms with E-state index in [1.807, 2.05) is 30.3 Å². The molecule has 0 fully saturated rings. The lowest BCUT2D eigenvalue weighted by Crippen LogP contribution is -2.42. The number of rotatable bonds is 5. The van der Waals surface area contributed by atoms with E-state index in [4.69, 9.17) is 11.6 Å². The molecule has 1 aromatic carbocycles. The number of aliphatic hydroxyl groups is 2. The van der Waals surface area contributed by atoms with Crippen LogP contribution in [-0.2, 0) is 0 Å². The molecule has 106 valence electrons. The molecule has 0 radical (unpaired) electrons. The van der Waals surface area contributed by atoms with Gasteiger partial charge in [0.2, 0.25) is 0 Å². The summed E-state index contributed by atoms with van der Waals surface area (Å²) in [6.07, 6.45) is 0. The Hall–Kier alpha value is -1.69. The van der Waals surface area contributed by atoms with Crippen LogP contribution in [0.1, 0.15) is 6.92 Å². The molecule has 0 aliphatic carbocycles. The molecular formula is C14H16ClN3O2. The molecule has 5 nitrogen and oxygen atoms in total. The number of nitrogens with zero attached hydrogens (tertiary/aromatic N) is 2. The van der Waals surface area contributed by atoms with Crippen molar-refractivity contribution in [1.82, 2.24) is 9.97 Å². The summed E-state index contributed by atoms with van der Waals surface area (Å²) in [6.45, 7) is 1.22. The van der Waals surface area contributed by atoms with Crippen LogP contribution in [0.2, 0.25) is 5.15 Å². The molecule has 0 atom stereocenters. The molecule has 0 amide bonds. The maximum absolute atomic E-state index is 9.30. The fraction of sp³-hybridized carbons (Fsp3) is 0.286. The lowest BCUT2D eigenvalue weighted by Gasteiger charge is -2.26. The van der Waals surface area contributed by atoms with Gasteiger partial charge in [0, 0.05) is 11.6 Å². The summed E-state index contributed by atoms with van der Waals surface area (Å²) in [5.74, 6) is 0.938. The molecule has 6 heteroatoms. The van der Waals surface area contributed by atoms with Gasteiger partial charge in [0.15, 0.2) is 5.82 Å². The van der Waals surface area contributed by atoms with Crippen LogP contribution in [0.5, 0.6) is 0 Å². The van der Waals surface area contributed by atoms with E-state index in [0.29, 0.717) is 16.8 Å².